The average Bonchev–Trinajstić information content (AvgIpc) is 3.15. The monoisotopic (exact) mass is 439 g/mol. The van der Waals surface area contributed by atoms with Crippen molar-refractivity contribution in [3.63, 3.8) is 0 Å². The molecule has 4 rings (SSSR count). The fourth-order valence-electron chi connectivity index (χ4n) is 3.73. The Morgan fingerprint density at radius 1 is 1.28 bits per heavy atom. The number of carbonyl (C=O) groups excluding carboxylic acids is 3. The summed E-state index contributed by atoms with van der Waals surface area (Å²) in [4.78, 5) is 39.2. The van der Waals surface area contributed by atoms with Crippen molar-refractivity contribution in [3.8, 4) is 5.75 Å². The molecule has 3 amide bonds. The molecule has 166 valence electrons. The van der Waals surface area contributed by atoms with Crippen LogP contribution in [0.5, 0.6) is 5.75 Å². The van der Waals surface area contributed by atoms with E-state index in [0.717, 1.165) is 0 Å². The summed E-state index contributed by atoms with van der Waals surface area (Å²) in [6.07, 6.45) is 0. The van der Waals surface area contributed by atoms with E-state index >= 15 is 0 Å². The lowest BCUT2D eigenvalue weighted by atomic mass is 9.95. The lowest BCUT2D eigenvalue weighted by Gasteiger charge is -2.33. The second kappa shape index (κ2) is 8.70. The van der Waals surface area contributed by atoms with E-state index in [9.17, 15) is 18.8 Å². The highest BCUT2D eigenvalue weighted by atomic mass is 19.1. The third-order valence-electron chi connectivity index (χ3n) is 5.29. The number of esters is 1. The Balaban J connectivity index is 1.60. The number of hydrogen-bond acceptors (Lipinski definition) is 5. The molecule has 2 aliphatic heterocycles. The molecule has 2 heterocycles. The normalized spacial score (nSPS) is 17.6. The summed E-state index contributed by atoms with van der Waals surface area (Å²) >= 11 is 0. The van der Waals surface area contributed by atoms with E-state index in [2.05, 4.69) is 10.6 Å². The Kier molecular flexibility index (Phi) is 5.81. The maximum Gasteiger partial charge on any atom is 0.338 e. The summed E-state index contributed by atoms with van der Waals surface area (Å²) in [5, 5.41) is 5.35. The van der Waals surface area contributed by atoms with Gasteiger partial charge in [0.2, 0.25) is 5.91 Å². The lowest BCUT2D eigenvalue weighted by molar-refractivity contribution is -0.136. The number of nitrogens with zero attached hydrogens (tertiary/aromatic N) is 1. The number of anilines is 1. The van der Waals surface area contributed by atoms with Crippen LogP contribution in [0.15, 0.2) is 53.7 Å². The van der Waals surface area contributed by atoms with Gasteiger partial charge < -0.3 is 20.1 Å². The first kappa shape index (κ1) is 21.4. The molecule has 0 aromatic heterocycles. The van der Waals surface area contributed by atoms with Gasteiger partial charge in [0.15, 0.2) is 0 Å². The number of hydrogen-bond donors (Lipinski definition) is 2. The van der Waals surface area contributed by atoms with Gasteiger partial charge in [-0.2, -0.15) is 0 Å². The minimum atomic E-state index is -0.763. The topological polar surface area (TPSA) is 97.0 Å². The molecule has 0 aliphatic carbocycles. The minimum absolute atomic E-state index is 0.124. The molecule has 9 heteroatoms. The number of aryl methyl sites for hydroxylation is 1. The number of rotatable bonds is 6. The molecule has 0 saturated heterocycles. The molecule has 2 aromatic carbocycles. The van der Waals surface area contributed by atoms with Gasteiger partial charge in [-0.1, -0.05) is 24.3 Å². The Morgan fingerprint density at radius 3 is 2.81 bits per heavy atom. The molecule has 0 fully saturated rings. The first-order valence-corrected chi connectivity index (χ1v) is 10.1. The predicted molar refractivity (Wildman–Crippen MR) is 113 cm³/mol. The predicted octanol–water partition coefficient (Wildman–Crippen LogP) is 3.05. The van der Waals surface area contributed by atoms with Gasteiger partial charge in [-0.3, -0.25) is 9.69 Å². The van der Waals surface area contributed by atoms with Gasteiger partial charge in [0.25, 0.3) is 0 Å². The van der Waals surface area contributed by atoms with Crippen molar-refractivity contribution in [1.29, 1.82) is 0 Å². The maximum absolute atomic E-state index is 13.8. The molecule has 0 radical (unpaired) electrons. The molecule has 2 aliphatic rings. The minimum Gasteiger partial charge on any atom is -0.494 e. The fourth-order valence-corrected chi connectivity index (χ4v) is 3.73. The number of urea groups is 1. The Labute approximate surface area is 184 Å². The Bertz CT molecular complexity index is 1130. The molecular weight excluding hydrogens is 417 g/mol. The quantitative estimate of drug-likeness (QED) is 0.675. The SMILES string of the molecule is CCOc1ccccc1[C@H]1NC(=O)N(CC(=O)Nc2ccc(C)c(F)c2)C2=C1C(=O)OC2. The number of amides is 3. The van der Waals surface area contributed by atoms with Gasteiger partial charge >= 0.3 is 12.0 Å². The summed E-state index contributed by atoms with van der Waals surface area (Å²) in [6, 6.07) is 10.1. The van der Waals surface area contributed by atoms with Crippen molar-refractivity contribution >= 4 is 23.6 Å². The van der Waals surface area contributed by atoms with E-state index < -0.39 is 29.8 Å². The van der Waals surface area contributed by atoms with Crippen LogP contribution in [0.3, 0.4) is 0 Å². The van der Waals surface area contributed by atoms with Crippen molar-refractivity contribution in [2.75, 3.05) is 25.1 Å². The van der Waals surface area contributed by atoms with Crippen LogP contribution in [-0.2, 0) is 14.3 Å². The second-order valence-electron chi connectivity index (χ2n) is 7.39. The van der Waals surface area contributed by atoms with Crippen LogP contribution in [0.4, 0.5) is 14.9 Å². The van der Waals surface area contributed by atoms with Crippen LogP contribution < -0.4 is 15.4 Å². The highest BCUT2D eigenvalue weighted by molar-refractivity contribution is 6.00. The van der Waals surface area contributed by atoms with Crippen LogP contribution in [-0.4, -0.2) is 42.6 Å². The third kappa shape index (κ3) is 4.01. The zero-order chi connectivity index (χ0) is 22.8. The lowest BCUT2D eigenvalue weighted by Crippen LogP contribution is -2.49. The third-order valence-corrected chi connectivity index (χ3v) is 5.29. The van der Waals surface area contributed by atoms with Gasteiger partial charge in [-0.25, -0.2) is 14.0 Å². The van der Waals surface area contributed by atoms with Crippen molar-refractivity contribution in [1.82, 2.24) is 10.2 Å². The van der Waals surface area contributed by atoms with E-state index in [1.54, 1.807) is 43.3 Å². The molecule has 0 bridgehead atoms. The second-order valence-corrected chi connectivity index (χ2v) is 7.39. The zero-order valence-electron chi connectivity index (χ0n) is 17.6. The zero-order valence-corrected chi connectivity index (χ0v) is 17.6. The first-order chi connectivity index (χ1) is 15.4. The smallest absolute Gasteiger partial charge is 0.338 e. The Hall–Kier alpha value is -3.88. The van der Waals surface area contributed by atoms with Crippen LogP contribution >= 0.6 is 0 Å². The summed E-state index contributed by atoms with van der Waals surface area (Å²) in [6.45, 7) is 3.38. The van der Waals surface area contributed by atoms with Gasteiger partial charge in [-0.15, -0.1) is 0 Å². The van der Waals surface area contributed by atoms with Gasteiger partial charge in [-0.05, 0) is 37.6 Å². The number of nitrogens with one attached hydrogen (secondary N) is 2. The van der Waals surface area contributed by atoms with Crippen molar-refractivity contribution in [2.24, 2.45) is 0 Å². The summed E-state index contributed by atoms with van der Waals surface area (Å²) < 4.78 is 24.6. The average molecular weight is 439 g/mol. The molecular formula is C23H22FN3O5. The van der Waals surface area contributed by atoms with Crippen molar-refractivity contribution < 1.29 is 28.2 Å². The highest BCUT2D eigenvalue weighted by Crippen LogP contribution is 2.38. The number of cyclic esters (lactones) is 1. The molecule has 0 unspecified atom stereocenters. The molecule has 1 atom stereocenters. The molecule has 0 saturated carbocycles. The fraction of sp³-hybridized carbons (Fsp3) is 0.261. The number of carbonyl (C=O) groups is 3. The van der Waals surface area contributed by atoms with Crippen LogP contribution in [0.1, 0.15) is 24.1 Å². The number of para-hydroxylation sites is 1. The van der Waals surface area contributed by atoms with Gasteiger partial charge in [0, 0.05) is 11.3 Å². The van der Waals surface area contributed by atoms with E-state index in [4.69, 9.17) is 9.47 Å². The molecule has 8 nitrogen and oxygen atoms in total. The number of halogens is 1. The largest absolute Gasteiger partial charge is 0.494 e. The van der Waals surface area contributed by atoms with E-state index in [-0.39, 0.29) is 24.4 Å². The summed E-state index contributed by atoms with van der Waals surface area (Å²) in [7, 11) is 0. The van der Waals surface area contributed by atoms with Crippen LogP contribution in [0.25, 0.3) is 0 Å². The van der Waals surface area contributed by atoms with E-state index in [0.29, 0.717) is 29.2 Å². The molecule has 0 spiro atoms. The van der Waals surface area contributed by atoms with Crippen LogP contribution in [0.2, 0.25) is 0 Å². The molecule has 2 aromatic rings. The van der Waals surface area contributed by atoms with E-state index in [1.807, 2.05) is 6.92 Å². The summed E-state index contributed by atoms with van der Waals surface area (Å²) in [5.41, 5.74) is 1.92. The summed E-state index contributed by atoms with van der Waals surface area (Å²) in [5.74, 6) is -1.02. The van der Waals surface area contributed by atoms with Crippen LogP contribution in [0, 0.1) is 12.7 Å². The molecule has 2 N–H and O–H groups in total. The van der Waals surface area contributed by atoms with Gasteiger partial charge in [0.1, 0.15) is 24.7 Å². The first-order valence-electron chi connectivity index (χ1n) is 10.1. The van der Waals surface area contributed by atoms with Gasteiger partial charge in [0.05, 0.1) is 23.9 Å². The number of ether oxygens (including phenoxy) is 2. The van der Waals surface area contributed by atoms with E-state index in [1.165, 1.54) is 11.0 Å². The molecule has 32 heavy (non-hydrogen) atoms. The van der Waals surface area contributed by atoms with Crippen molar-refractivity contribution in [3.05, 3.63) is 70.7 Å². The van der Waals surface area contributed by atoms with Crippen molar-refractivity contribution in [2.45, 2.75) is 19.9 Å². The standard InChI is InChI=1S/C23H22FN3O5/c1-3-31-18-7-5-4-6-15(18)21-20-17(12-32-22(20)29)27(23(30)26-21)11-19(28)25-14-9-8-13(2)16(24)10-14/h4-10,21H,3,11-12H2,1-2H3,(H,25,28)(H,26,30)/t21-/m1/s1. The maximum atomic E-state index is 13.8. The highest BCUT2D eigenvalue weighted by Gasteiger charge is 2.43. The Morgan fingerprint density at radius 2 is 2.06 bits per heavy atom. The number of benzene rings is 2.